The molecule has 3 nitrogen and oxygen atoms in total. The van der Waals surface area contributed by atoms with Crippen molar-refractivity contribution in [3.8, 4) is 0 Å². The second kappa shape index (κ2) is 6.51. The number of pyridine rings is 1. The van der Waals surface area contributed by atoms with E-state index in [2.05, 4.69) is 21.7 Å². The molecule has 0 aliphatic rings. The lowest BCUT2D eigenvalue weighted by molar-refractivity contribution is 0.624. The van der Waals surface area contributed by atoms with Crippen LogP contribution >= 0.6 is 0 Å². The lowest BCUT2D eigenvalue weighted by atomic mass is 10.2. The van der Waals surface area contributed by atoms with Gasteiger partial charge in [0.25, 0.3) is 0 Å². The zero-order valence-electron chi connectivity index (χ0n) is 9.01. The molecule has 3 heteroatoms. The Bertz CT molecular complexity index is 243. The second-order valence-electron chi connectivity index (χ2n) is 3.44. The van der Waals surface area contributed by atoms with E-state index in [9.17, 15) is 0 Å². The highest BCUT2D eigenvalue weighted by molar-refractivity contribution is 5.12. The van der Waals surface area contributed by atoms with Crippen LogP contribution in [-0.2, 0) is 6.54 Å². The van der Waals surface area contributed by atoms with Gasteiger partial charge in [0, 0.05) is 18.4 Å². The van der Waals surface area contributed by atoms with E-state index >= 15 is 0 Å². The van der Waals surface area contributed by atoms with E-state index in [-0.39, 0.29) is 0 Å². The van der Waals surface area contributed by atoms with Gasteiger partial charge in [-0.1, -0.05) is 6.07 Å². The van der Waals surface area contributed by atoms with E-state index in [1.807, 2.05) is 26.2 Å². The highest BCUT2D eigenvalue weighted by Gasteiger charge is 1.92. The van der Waals surface area contributed by atoms with Crippen molar-refractivity contribution < 1.29 is 0 Å². The maximum atomic E-state index is 4.24. The van der Waals surface area contributed by atoms with Crippen LogP contribution in [0.15, 0.2) is 18.3 Å². The first-order valence-electron chi connectivity index (χ1n) is 5.10. The third-order valence-electron chi connectivity index (χ3n) is 2.08. The van der Waals surface area contributed by atoms with Crippen LogP contribution in [0.25, 0.3) is 0 Å². The largest absolute Gasteiger partial charge is 0.320 e. The van der Waals surface area contributed by atoms with E-state index in [0.717, 1.165) is 31.7 Å². The summed E-state index contributed by atoms with van der Waals surface area (Å²) in [6.45, 7) is 5.04. The fourth-order valence-electron chi connectivity index (χ4n) is 1.23. The molecule has 14 heavy (non-hydrogen) atoms. The van der Waals surface area contributed by atoms with Gasteiger partial charge in [-0.3, -0.25) is 4.98 Å². The number of nitrogens with zero attached hydrogens (tertiary/aromatic N) is 1. The van der Waals surface area contributed by atoms with Gasteiger partial charge in [0.1, 0.15) is 0 Å². The van der Waals surface area contributed by atoms with Crippen molar-refractivity contribution >= 4 is 0 Å². The van der Waals surface area contributed by atoms with Crippen molar-refractivity contribution in [2.45, 2.75) is 19.9 Å². The van der Waals surface area contributed by atoms with Gasteiger partial charge in [0.05, 0.1) is 0 Å². The van der Waals surface area contributed by atoms with Gasteiger partial charge in [0.15, 0.2) is 0 Å². The van der Waals surface area contributed by atoms with E-state index in [0.29, 0.717) is 0 Å². The maximum absolute atomic E-state index is 4.24. The normalized spacial score (nSPS) is 10.4. The number of nitrogens with one attached hydrogen (secondary N) is 2. The van der Waals surface area contributed by atoms with Crippen LogP contribution in [0, 0.1) is 6.92 Å². The Labute approximate surface area is 85.9 Å². The summed E-state index contributed by atoms with van der Waals surface area (Å²) in [5, 5.41) is 6.50. The summed E-state index contributed by atoms with van der Waals surface area (Å²) in [4.78, 5) is 4.24. The average Bonchev–Trinajstić information content (AvgIpc) is 2.21. The molecule has 0 saturated heterocycles. The lowest BCUT2D eigenvalue weighted by Crippen LogP contribution is -2.19. The van der Waals surface area contributed by atoms with Crippen molar-refractivity contribution in [1.29, 1.82) is 0 Å². The highest BCUT2D eigenvalue weighted by Crippen LogP contribution is 1.98. The van der Waals surface area contributed by atoms with Crippen LogP contribution in [0.1, 0.15) is 17.7 Å². The molecular weight excluding hydrogens is 174 g/mol. The zero-order chi connectivity index (χ0) is 10.2. The van der Waals surface area contributed by atoms with Crippen LogP contribution in [0.3, 0.4) is 0 Å². The van der Waals surface area contributed by atoms with Crippen molar-refractivity contribution in [2.24, 2.45) is 0 Å². The molecule has 0 aliphatic heterocycles. The molecule has 1 heterocycles. The van der Waals surface area contributed by atoms with E-state index in [1.165, 1.54) is 5.56 Å². The summed E-state index contributed by atoms with van der Waals surface area (Å²) < 4.78 is 0. The molecule has 0 saturated carbocycles. The summed E-state index contributed by atoms with van der Waals surface area (Å²) in [7, 11) is 1.98. The number of hydrogen-bond acceptors (Lipinski definition) is 3. The number of hydrogen-bond donors (Lipinski definition) is 2. The van der Waals surface area contributed by atoms with Gasteiger partial charge < -0.3 is 10.6 Å². The fraction of sp³-hybridized carbons (Fsp3) is 0.545. The molecule has 78 valence electrons. The number of rotatable bonds is 6. The van der Waals surface area contributed by atoms with Crippen LogP contribution in [0.5, 0.6) is 0 Å². The SMILES string of the molecule is CNCCCNCc1ccc(C)nc1. The van der Waals surface area contributed by atoms with E-state index in [4.69, 9.17) is 0 Å². The van der Waals surface area contributed by atoms with Crippen LogP contribution in [0.4, 0.5) is 0 Å². The Kier molecular flexibility index (Phi) is 5.19. The smallest absolute Gasteiger partial charge is 0.0372 e. The average molecular weight is 193 g/mol. The summed E-state index contributed by atoms with van der Waals surface area (Å²) >= 11 is 0. The molecule has 0 fully saturated rings. The minimum Gasteiger partial charge on any atom is -0.320 e. The molecule has 0 atom stereocenters. The molecule has 0 aromatic carbocycles. The van der Waals surface area contributed by atoms with Crippen molar-refractivity contribution in [3.05, 3.63) is 29.6 Å². The monoisotopic (exact) mass is 193 g/mol. The molecule has 0 amide bonds. The Balaban J connectivity index is 2.15. The minimum absolute atomic E-state index is 0.914. The maximum Gasteiger partial charge on any atom is 0.0372 e. The van der Waals surface area contributed by atoms with Gasteiger partial charge in [-0.2, -0.15) is 0 Å². The predicted octanol–water partition coefficient (Wildman–Crippen LogP) is 1.09. The Hall–Kier alpha value is -0.930. The molecule has 0 radical (unpaired) electrons. The molecule has 2 N–H and O–H groups in total. The highest BCUT2D eigenvalue weighted by atomic mass is 14.9. The first-order valence-corrected chi connectivity index (χ1v) is 5.10. The number of aryl methyl sites for hydroxylation is 1. The van der Waals surface area contributed by atoms with Gasteiger partial charge in [-0.15, -0.1) is 0 Å². The first-order chi connectivity index (χ1) is 6.83. The first kappa shape index (κ1) is 11.1. The third-order valence-corrected chi connectivity index (χ3v) is 2.08. The quantitative estimate of drug-likeness (QED) is 0.664. The summed E-state index contributed by atoms with van der Waals surface area (Å²) in [5.41, 5.74) is 2.32. The molecule has 1 aromatic heterocycles. The zero-order valence-corrected chi connectivity index (χ0v) is 9.01. The van der Waals surface area contributed by atoms with Crippen molar-refractivity contribution in [2.75, 3.05) is 20.1 Å². The van der Waals surface area contributed by atoms with Crippen molar-refractivity contribution in [3.63, 3.8) is 0 Å². The second-order valence-corrected chi connectivity index (χ2v) is 3.44. The predicted molar refractivity (Wildman–Crippen MR) is 59.2 cm³/mol. The summed E-state index contributed by atoms with van der Waals surface area (Å²) in [6, 6.07) is 4.16. The molecule has 1 aromatic rings. The molecule has 0 aliphatic carbocycles. The van der Waals surface area contributed by atoms with Crippen molar-refractivity contribution in [1.82, 2.24) is 15.6 Å². The number of aromatic nitrogens is 1. The van der Waals surface area contributed by atoms with Crippen LogP contribution < -0.4 is 10.6 Å². The third kappa shape index (κ3) is 4.35. The summed E-state index contributed by atoms with van der Waals surface area (Å²) in [5.74, 6) is 0. The van der Waals surface area contributed by atoms with Gasteiger partial charge in [-0.05, 0) is 45.1 Å². The fourth-order valence-corrected chi connectivity index (χ4v) is 1.23. The molecule has 0 spiro atoms. The topological polar surface area (TPSA) is 37.0 Å². The Morgan fingerprint density at radius 2 is 2.14 bits per heavy atom. The lowest BCUT2D eigenvalue weighted by Gasteiger charge is -2.04. The van der Waals surface area contributed by atoms with E-state index in [1.54, 1.807) is 0 Å². The molecule has 1 rings (SSSR count). The van der Waals surface area contributed by atoms with Gasteiger partial charge in [-0.25, -0.2) is 0 Å². The minimum atomic E-state index is 0.914. The molecule has 0 bridgehead atoms. The van der Waals surface area contributed by atoms with Gasteiger partial charge in [0.2, 0.25) is 0 Å². The molecular formula is C11H19N3. The van der Waals surface area contributed by atoms with E-state index < -0.39 is 0 Å². The van der Waals surface area contributed by atoms with Crippen LogP contribution in [0.2, 0.25) is 0 Å². The summed E-state index contributed by atoms with van der Waals surface area (Å²) in [6.07, 6.45) is 3.09. The van der Waals surface area contributed by atoms with Gasteiger partial charge >= 0.3 is 0 Å². The standard InChI is InChI=1S/C11H19N3/c1-10-4-5-11(9-14-10)8-13-7-3-6-12-2/h4-5,9,12-13H,3,6-8H2,1-2H3. The Morgan fingerprint density at radius 1 is 1.29 bits per heavy atom. The van der Waals surface area contributed by atoms with Crippen LogP contribution in [-0.4, -0.2) is 25.1 Å². The Morgan fingerprint density at radius 3 is 2.79 bits per heavy atom. The molecule has 0 unspecified atom stereocenters.